The molecule has 0 unspecified atom stereocenters. The summed E-state index contributed by atoms with van der Waals surface area (Å²) in [6.07, 6.45) is 7.14. The lowest BCUT2D eigenvalue weighted by molar-refractivity contribution is -0.117. The van der Waals surface area contributed by atoms with Gasteiger partial charge in [-0.2, -0.15) is 15.0 Å². The van der Waals surface area contributed by atoms with Crippen LogP contribution in [0.1, 0.15) is 49.6 Å². The van der Waals surface area contributed by atoms with Crippen LogP contribution in [0.5, 0.6) is 0 Å². The van der Waals surface area contributed by atoms with Crippen LogP contribution in [0.3, 0.4) is 0 Å². The summed E-state index contributed by atoms with van der Waals surface area (Å²) in [4.78, 5) is 30.2. The van der Waals surface area contributed by atoms with Gasteiger partial charge in [-0.1, -0.05) is 26.0 Å². The molecule has 0 radical (unpaired) electrons. The Bertz CT molecular complexity index is 1270. The van der Waals surface area contributed by atoms with Crippen LogP contribution in [-0.4, -0.2) is 35.9 Å². The SMILES string of the molecule is CC(C)c1ncccc1-c1ncc2c(n1)N([C@H](C)c1ccc(-n3nccn3)cc1)C(=O)C2. The molecule has 1 aliphatic heterocycles. The fraction of sp³-hybridized carbons (Fsp3) is 0.250. The average molecular weight is 425 g/mol. The fourth-order valence-corrected chi connectivity index (χ4v) is 4.08. The van der Waals surface area contributed by atoms with Crippen LogP contribution in [0.25, 0.3) is 17.1 Å². The molecule has 4 heterocycles. The van der Waals surface area contributed by atoms with Crippen LogP contribution in [0.4, 0.5) is 5.82 Å². The van der Waals surface area contributed by atoms with Crippen molar-refractivity contribution >= 4 is 11.7 Å². The Labute approximate surface area is 186 Å². The standard InChI is InChI=1S/C24H23N7O/c1-15(2)22-20(5-4-10-25-22)23-26-14-18-13-21(32)30(24(18)29-23)16(3)17-6-8-19(9-7-17)31-27-11-12-28-31/h4-12,14-16H,13H2,1-3H3/t16-/m1/s1. The van der Waals surface area contributed by atoms with Crippen molar-refractivity contribution in [1.82, 2.24) is 29.9 Å². The molecule has 0 aliphatic carbocycles. The summed E-state index contributed by atoms with van der Waals surface area (Å²) in [5.74, 6) is 1.52. The predicted octanol–water partition coefficient (Wildman–Crippen LogP) is 3.89. The minimum absolute atomic E-state index is 0.0204. The maximum Gasteiger partial charge on any atom is 0.233 e. The van der Waals surface area contributed by atoms with Gasteiger partial charge in [0.1, 0.15) is 5.82 Å². The molecule has 1 aliphatic rings. The van der Waals surface area contributed by atoms with E-state index in [4.69, 9.17) is 4.98 Å². The van der Waals surface area contributed by atoms with Gasteiger partial charge in [0.05, 0.1) is 36.2 Å². The van der Waals surface area contributed by atoms with E-state index >= 15 is 0 Å². The van der Waals surface area contributed by atoms with Crippen molar-refractivity contribution in [1.29, 1.82) is 0 Å². The van der Waals surface area contributed by atoms with Crippen molar-refractivity contribution in [3.05, 3.63) is 78.0 Å². The number of nitrogens with zero attached hydrogens (tertiary/aromatic N) is 7. The maximum absolute atomic E-state index is 12.9. The summed E-state index contributed by atoms with van der Waals surface area (Å²) in [5, 5.41) is 8.31. The van der Waals surface area contributed by atoms with E-state index in [1.807, 2.05) is 43.3 Å². The lowest BCUT2D eigenvalue weighted by Gasteiger charge is -2.25. The first-order valence-corrected chi connectivity index (χ1v) is 10.6. The van der Waals surface area contributed by atoms with Gasteiger partial charge in [-0.25, -0.2) is 9.97 Å². The molecule has 5 rings (SSSR count). The van der Waals surface area contributed by atoms with Crippen molar-refractivity contribution in [3.8, 4) is 17.1 Å². The smallest absolute Gasteiger partial charge is 0.233 e. The highest BCUT2D eigenvalue weighted by molar-refractivity contribution is 6.01. The molecule has 8 nitrogen and oxygen atoms in total. The van der Waals surface area contributed by atoms with Crippen LogP contribution in [0.2, 0.25) is 0 Å². The molecular weight excluding hydrogens is 402 g/mol. The summed E-state index contributed by atoms with van der Waals surface area (Å²) in [6, 6.07) is 11.6. The van der Waals surface area contributed by atoms with Crippen LogP contribution in [0.15, 0.2) is 61.2 Å². The Morgan fingerprint density at radius 1 is 0.938 bits per heavy atom. The summed E-state index contributed by atoms with van der Waals surface area (Å²) >= 11 is 0. The number of carbonyl (C=O) groups is 1. The van der Waals surface area contributed by atoms with E-state index in [9.17, 15) is 4.79 Å². The second-order valence-electron chi connectivity index (χ2n) is 8.16. The van der Waals surface area contributed by atoms with Gasteiger partial charge < -0.3 is 0 Å². The molecule has 0 N–H and O–H groups in total. The molecule has 1 amide bonds. The molecular formula is C24H23N7O. The Balaban J connectivity index is 1.50. The molecule has 4 aromatic rings. The molecule has 1 atom stereocenters. The van der Waals surface area contributed by atoms with Crippen molar-refractivity contribution in [2.45, 2.75) is 39.2 Å². The van der Waals surface area contributed by atoms with Gasteiger partial charge >= 0.3 is 0 Å². The molecule has 0 saturated heterocycles. The molecule has 32 heavy (non-hydrogen) atoms. The zero-order valence-electron chi connectivity index (χ0n) is 18.2. The first-order chi connectivity index (χ1) is 15.5. The van der Waals surface area contributed by atoms with Crippen LogP contribution < -0.4 is 4.90 Å². The molecule has 0 fully saturated rings. The van der Waals surface area contributed by atoms with Crippen molar-refractivity contribution in [3.63, 3.8) is 0 Å². The number of benzene rings is 1. The first-order valence-electron chi connectivity index (χ1n) is 10.6. The molecule has 0 spiro atoms. The lowest BCUT2D eigenvalue weighted by Crippen LogP contribution is -2.30. The number of aromatic nitrogens is 6. The lowest BCUT2D eigenvalue weighted by atomic mass is 10.0. The highest BCUT2D eigenvalue weighted by Gasteiger charge is 2.34. The predicted molar refractivity (Wildman–Crippen MR) is 120 cm³/mol. The van der Waals surface area contributed by atoms with Crippen LogP contribution >= 0.6 is 0 Å². The zero-order valence-corrected chi connectivity index (χ0v) is 18.2. The Hall–Kier alpha value is -3.94. The number of amides is 1. The third kappa shape index (κ3) is 3.43. The molecule has 0 bridgehead atoms. The van der Waals surface area contributed by atoms with Gasteiger partial charge in [-0.3, -0.25) is 14.7 Å². The average Bonchev–Trinajstić information content (AvgIpc) is 3.46. The van der Waals surface area contributed by atoms with Gasteiger partial charge in [0, 0.05) is 23.5 Å². The fourth-order valence-electron chi connectivity index (χ4n) is 4.08. The quantitative estimate of drug-likeness (QED) is 0.482. The number of fused-ring (bicyclic) bond motifs is 1. The summed E-state index contributed by atoms with van der Waals surface area (Å²) in [7, 11) is 0. The van der Waals surface area contributed by atoms with Gasteiger partial charge in [0.15, 0.2) is 5.82 Å². The highest BCUT2D eigenvalue weighted by Crippen LogP contribution is 2.36. The Morgan fingerprint density at radius 2 is 1.69 bits per heavy atom. The minimum Gasteiger partial charge on any atom is -0.289 e. The summed E-state index contributed by atoms with van der Waals surface area (Å²) < 4.78 is 0. The van der Waals surface area contributed by atoms with Gasteiger partial charge in [-0.05, 0) is 42.7 Å². The third-order valence-electron chi connectivity index (χ3n) is 5.72. The number of carbonyl (C=O) groups excluding carboxylic acids is 1. The number of anilines is 1. The zero-order chi connectivity index (χ0) is 22.2. The minimum atomic E-state index is -0.176. The van der Waals surface area contributed by atoms with E-state index in [0.717, 1.165) is 28.1 Å². The molecule has 3 aromatic heterocycles. The Morgan fingerprint density at radius 3 is 2.41 bits per heavy atom. The van der Waals surface area contributed by atoms with Crippen molar-refractivity contribution in [2.75, 3.05) is 4.90 Å². The van der Waals surface area contributed by atoms with E-state index in [1.54, 1.807) is 34.5 Å². The Kier molecular flexibility index (Phi) is 4.97. The third-order valence-corrected chi connectivity index (χ3v) is 5.72. The molecule has 160 valence electrons. The molecule has 1 aromatic carbocycles. The van der Waals surface area contributed by atoms with Gasteiger partial charge in [0.25, 0.3) is 0 Å². The number of hydrogen-bond acceptors (Lipinski definition) is 6. The maximum atomic E-state index is 12.9. The van der Waals surface area contributed by atoms with Crippen molar-refractivity contribution in [2.24, 2.45) is 0 Å². The van der Waals surface area contributed by atoms with Crippen molar-refractivity contribution < 1.29 is 4.79 Å². The number of rotatable bonds is 5. The summed E-state index contributed by atoms with van der Waals surface area (Å²) in [5.41, 5.74) is 4.55. The van der Waals surface area contributed by atoms with E-state index in [-0.39, 0.29) is 17.9 Å². The van der Waals surface area contributed by atoms with Crippen LogP contribution in [0, 0.1) is 0 Å². The first kappa shape index (κ1) is 20.0. The normalized spacial score (nSPS) is 14.1. The van der Waals surface area contributed by atoms with E-state index in [2.05, 4.69) is 34.0 Å². The number of pyridine rings is 1. The van der Waals surface area contributed by atoms with Gasteiger partial charge in [-0.15, -0.1) is 0 Å². The topological polar surface area (TPSA) is 89.7 Å². The molecule has 0 saturated carbocycles. The largest absolute Gasteiger partial charge is 0.289 e. The highest BCUT2D eigenvalue weighted by atomic mass is 16.2. The second kappa shape index (κ2) is 7.96. The number of hydrogen-bond donors (Lipinski definition) is 0. The van der Waals surface area contributed by atoms with E-state index in [1.165, 1.54) is 0 Å². The van der Waals surface area contributed by atoms with Crippen LogP contribution in [-0.2, 0) is 11.2 Å². The summed E-state index contributed by atoms with van der Waals surface area (Å²) in [6.45, 7) is 6.21. The monoisotopic (exact) mass is 425 g/mol. The molecule has 8 heteroatoms. The van der Waals surface area contributed by atoms with Gasteiger partial charge in [0.2, 0.25) is 5.91 Å². The van der Waals surface area contributed by atoms with E-state index in [0.29, 0.717) is 18.1 Å². The second-order valence-corrected chi connectivity index (χ2v) is 8.16. The van der Waals surface area contributed by atoms with E-state index < -0.39 is 0 Å².